The highest BCUT2D eigenvalue weighted by molar-refractivity contribution is 5.66. The molecule has 0 aromatic heterocycles. The SMILES string of the molecule is CCC[C@@H](O)CCCCCCCCCC(=O)O. The zero-order valence-electron chi connectivity index (χ0n) is 11.2. The fourth-order valence-electron chi connectivity index (χ4n) is 2.02. The highest BCUT2D eigenvalue weighted by Gasteiger charge is 2.01. The van der Waals surface area contributed by atoms with Gasteiger partial charge in [0.25, 0.3) is 0 Å². The lowest BCUT2D eigenvalue weighted by molar-refractivity contribution is -0.137. The number of aliphatic hydroxyl groups excluding tert-OH is 1. The molecule has 17 heavy (non-hydrogen) atoms. The third-order valence-electron chi connectivity index (χ3n) is 3.05. The van der Waals surface area contributed by atoms with Crippen LogP contribution in [0.3, 0.4) is 0 Å². The lowest BCUT2D eigenvalue weighted by atomic mass is 10.0. The Hall–Kier alpha value is -0.570. The van der Waals surface area contributed by atoms with Crippen LogP contribution in [0.5, 0.6) is 0 Å². The molecule has 0 aromatic rings. The molecular weight excluding hydrogens is 216 g/mol. The van der Waals surface area contributed by atoms with Crippen LogP contribution in [0.2, 0.25) is 0 Å². The number of unbranched alkanes of at least 4 members (excludes halogenated alkanes) is 6. The van der Waals surface area contributed by atoms with E-state index in [1.165, 1.54) is 19.3 Å². The van der Waals surface area contributed by atoms with Crippen LogP contribution in [-0.4, -0.2) is 22.3 Å². The first-order valence-electron chi connectivity index (χ1n) is 7.06. The summed E-state index contributed by atoms with van der Waals surface area (Å²) < 4.78 is 0. The first-order valence-corrected chi connectivity index (χ1v) is 7.06. The van der Waals surface area contributed by atoms with Gasteiger partial charge in [0.05, 0.1) is 6.10 Å². The van der Waals surface area contributed by atoms with Crippen LogP contribution in [0.15, 0.2) is 0 Å². The summed E-state index contributed by atoms with van der Waals surface area (Å²) in [5.74, 6) is -0.685. The van der Waals surface area contributed by atoms with E-state index in [4.69, 9.17) is 5.11 Å². The molecule has 0 spiro atoms. The normalized spacial score (nSPS) is 12.6. The molecule has 0 amide bonds. The minimum Gasteiger partial charge on any atom is -0.481 e. The summed E-state index contributed by atoms with van der Waals surface area (Å²) in [5, 5.41) is 18.0. The van der Waals surface area contributed by atoms with Crippen molar-refractivity contribution in [1.29, 1.82) is 0 Å². The molecule has 0 aliphatic carbocycles. The molecule has 0 unspecified atom stereocenters. The van der Waals surface area contributed by atoms with Crippen molar-refractivity contribution in [1.82, 2.24) is 0 Å². The van der Waals surface area contributed by atoms with E-state index in [-0.39, 0.29) is 6.10 Å². The highest BCUT2D eigenvalue weighted by atomic mass is 16.4. The van der Waals surface area contributed by atoms with Crippen molar-refractivity contribution < 1.29 is 15.0 Å². The highest BCUT2D eigenvalue weighted by Crippen LogP contribution is 2.12. The molecule has 0 aromatic carbocycles. The molecule has 0 radical (unpaired) electrons. The Morgan fingerprint density at radius 1 is 0.941 bits per heavy atom. The summed E-state index contributed by atoms with van der Waals surface area (Å²) in [6.07, 6.45) is 10.8. The molecule has 0 aliphatic rings. The maximum atomic E-state index is 10.3. The predicted molar refractivity (Wildman–Crippen MR) is 70.1 cm³/mol. The van der Waals surface area contributed by atoms with Gasteiger partial charge in [-0.2, -0.15) is 0 Å². The van der Waals surface area contributed by atoms with Crippen molar-refractivity contribution >= 4 is 5.97 Å². The van der Waals surface area contributed by atoms with E-state index in [0.29, 0.717) is 6.42 Å². The number of carboxylic acid groups (broad SMARTS) is 1. The van der Waals surface area contributed by atoms with Crippen LogP contribution in [0.1, 0.15) is 77.6 Å². The summed E-state index contributed by atoms with van der Waals surface area (Å²) >= 11 is 0. The molecule has 3 nitrogen and oxygen atoms in total. The summed E-state index contributed by atoms with van der Waals surface area (Å²) in [5.41, 5.74) is 0. The molecule has 2 N–H and O–H groups in total. The van der Waals surface area contributed by atoms with Crippen molar-refractivity contribution in [2.75, 3.05) is 0 Å². The van der Waals surface area contributed by atoms with E-state index in [0.717, 1.165) is 44.9 Å². The van der Waals surface area contributed by atoms with E-state index in [2.05, 4.69) is 6.92 Å². The summed E-state index contributed by atoms with van der Waals surface area (Å²) in [6, 6.07) is 0. The van der Waals surface area contributed by atoms with Gasteiger partial charge in [-0.15, -0.1) is 0 Å². The lowest BCUT2D eigenvalue weighted by Gasteiger charge is -2.08. The maximum Gasteiger partial charge on any atom is 0.303 e. The van der Waals surface area contributed by atoms with Gasteiger partial charge in [0.2, 0.25) is 0 Å². The van der Waals surface area contributed by atoms with Gasteiger partial charge in [-0.1, -0.05) is 51.9 Å². The monoisotopic (exact) mass is 244 g/mol. The molecule has 102 valence electrons. The third-order valence-corrected chi connectivity index (χ3v) is 3.05. The van der Waals surface area contributed by atoms with E-state index in [9.17, 15) is 9.90 Å². The Balaban J connectivity index is 3.05. The minimum atomic E-state index is -0.685. The molecule has 1 atom stereocenters. The van der Waals surface area contributed by atoms with Crippen molar-refractivity contribution in [3.63, 3.8) is 0 Å². The zero-order valence-corrected chi connectivity index (χ0v) is 11.2. The van der Waals surface area contributed by atoms with Crippen molar-refractivity contribution in [3.05, 3.63) is 0 Å². The quantitative estimate of drug-likeness (QED) is 0.514. The number of carboxylic acids is 1. The van der Waals surface area contributed by atoms with E-state index in [1.54, 1.807) is 0 Å². The van der Waals surface area contributed by atoms with Crippen LogP contribution in [0.25, 0.3) is 0 Å². The standard InChI is InChI=1S/C14H28O3/c1-2-10-13(15)11-8-6-4-3-5-7-9-12-14(16)17/h13,15H,2-12H2,1H3,(H,16,17)/t13-/m1/s1. The number of aliphatic hydroxyl groups is 1. The van der Waals surface area contributed by atoms with E-state index in [1.807, 2.05) is 0 Å². The fourth-order valence-corrected chi connectivity index (χ4v) is 2.02. The van der Waals surface area contributed by atoms with Gasteiger partial charge < -0.3 is 10.2 Å². The smallest absolute Gasteiger partial charge is 0.303 e. The Labute approximate surface area is 105 Å². The fraction of sp³-hybridized carbons (Fsp3) is 0.929. The Morgan fingerprint density at radius 2 is 1.47 bits per heavy atom. The second-order valence-electron chi connectivity index (χ2n) is 4.85. The number of aliphatic carboxylic acids is 1. The molecule has 0 fully saturated rings. The third kappa shape index (κ3) is 13.4. The van der Waals surface area contributed by atoms with Gasteiger partial charge >= 0.3 is 5.97 Å². The lowest BCUT2D eigenvalue weighted by Crippen LogP contribution is -2.04. The number of hydrogen-bond acceptors (Lipinski definition) is 2. The number of carbonyl (C=O) groups is 1. The van der Waals surface area contributed by atoms with Crippen molar-refractivity contribution in [3.8, 4) is 0 Å². The predicted octanol–water partition coefficient (Wildman–Crippen LogP) is 3.74. The average molecular weight is 244 g/mol. The Kier molecular flexibility index (Phi) is 11.5. The van der Waals surface area contributed by atoms with Gasteiger partial charge in [0.15, 0.2) is 0 Å². The molecule has 0 bridgehead atoms. The largest absolute Gasteiger partial charge is 0.481 e. The second kappa shape index (κ2) is 11.9. The van der Waals surface area contributed by atoms with Gasteiger partial charge in [-0.25, -0.2) is 0 Å². The molecule has 0 saturated heterocycles. The summed E-state index contributed by atoms with van der Waals surface area (Å²) in [6.45, 7) is 2.10. The molecule has 0 aliphatic heterocycles. The first-order chi connectivity index (χ1) is 8.16. The van der Waals surface area contributed by atoms with Crippen LogP contribution in [0, 0.1) is 0 Å². The van der Waals surface area contributed by atoms with E-state index < -0.39 is 5.97 Å². The Morgan fingerprint density at radius 3 is 2.00 bits per heavy atom. The van der Waals surface area contributed by atoms with Gasteiger partial charge in [0, 0.05) is 6.42 Å². The minimum absolute atomic E-state index is 0.101. The molecule has 0 saturated carbocycles. The second-order valence-corrected chi connectivity index (χ2v) is 4.85. The van der Waals surface area contributed by atoms with Gasteiger partial charge in [-0.05, 0) is 19.3 Å². The van der Waals surface area contributed by atoms with Gasteiger partial charge in [0.1, 0.15) is 0 Å². The van der Waals surface area contributed by atoms with Crippen LogP contribution >= 0.6 is 0 Å². The van der Waals surface area contributed by atoms with Crippen LogP contribution in [-0.2, 0) is 4.79 Å². The molecule has 0 rings (SSSR count). The van der Waals surface area contributed by atoms with E-state index >= 15 is 0 Å². The molecular formula is C14H28O3. The topological polar surface area (TPSA) is 57.5 Å². The molecule has 3 heteroatoms. The summed E-state index contributed by atoms with van der Waals surface area (Å²) in [4.78, 5) is 10.3. The maximum absolute atomic E-state index is 10.3. The van der Waals surface area contributed by atoms with Crippen LogP contribution < -0.4 is 0 Å². The number of hydrogen-bond donors (Lipinski definition) is 2. The van der Waals surface area contributed by atoms with Crippen LogP contribution in [0.4, 0.5) is 0 Å². The number of rotatable bonds is 12. The zero-order chi connectivity index (χ0) is 12.9. The summed E-state index contributed by atoms with van der Waals surface area (Å²) in [7, 11) is 0. The van der Waals surface area contributed by atoms with Crippen molar-refractivity contribution in [2.24, 2.45) is 0 Å². The average Bonchev–Trinajstić information content (AvgIpc) is 2.27. The Bertz CT molecular complexity index is 180. The van der Waals surface area contributed by atoms with Crippen molar-refractivity contribution in [2.45, 2.75) is 83.7 Å². The van der Waals surface area contributed by atoms with Gasteiger partial charge in [-0.3, -0.25) is 4.79 Å². The molecule has 0 heterocycles. The first kappa shape index (κ1) is 16.4.